The lowest BCUT2D eigenvalue weighted by Crippen LogP contribution is -2.43. The first-order valence-corrected chi connectivity index (χ1v) is 10.6. The molecule has 1 aliphatic rings. The Morgan fingerprint density at radius 3 is 2.47 bits per heavy atom. The van der Waals surface area contributed by atoms with Crippen LogP contribution >= 0.6 is 11.8 Å². The fourth-order valence-electron chi connectivity index (χ4n) is 2.74. The largest absolute Gasteiger partial charge is 0.497 e. The summed E-state index contributed by atoms with van der Waals surface area (Å²) in [5, 5.41) is 2.80. The Balaban J connectivity index is 1.68. The number of benzene rings is 2. The maximum absolute atomic E-state index is 12.8. The molecular formula is C22H25N3O4S. The van der Waals surface area contributed by atoms with Crippen molar-refractivity contribution in [3.8, 4) is 11.5 Å². The third kappa shape index (κ3) is 5.54. The van der Waals surface area contributed by atoms with Gasteiger partial charge in [0.1, 0.15) is 16.7 Å². The lowest BCUT2D eigenvalue weighted by atomic mass is 10.2. The minimum absolute atomic E-state index is 0.117. The Kier molecular flexibility index (Phi) is 7.35. The van der Waals surface area contributed by atoms with Crippen LogP contribution in [0.4, 0.5) is 11.4 Å². The molecule has 1 aliphatic heterocycles. The second-order valence-electron chi connectivity index (χ2n) is 6.72. The second-order valence-corrected chi connectivity index (χ2v) is 7.89. The van der Waals surface area contributed by atoms with Crippen molar-refractivity contribution in [3.05, 3.63) is 48.5 Å². The molecule has 1 N–H and O–H groups in total. The number of anilines is 1. The number of carbonyl (C=O) groups is 2. The Morgan fingerprint density at radius 2 is 1.83 bits per heavy atom. The van der Waals surface area contributed by atoms with E-state index >= 15 is 0 Å². The summed E-state index contributed by atoms with van der Waals surface area (Å²) in [4.78, 5) is 31.2. The van der Waals surface area contributed by atoms with Crippen molar-refractivity contribution in [1.82, 2.24) is 4.90 Å². The number of hydrogen-bond donors (Lipinski definition) is 1. The van der Waals surface area contributed by atoms with Crippen molar-refractivity contribution in [2.45, 2.75) is 25.0 Å². The smallest absolute Gasteiger partial charge is 0.238 e. The molecule has 8 heteroatoms. The van der Waals surface area contributed by atoms with E-state index in [2.05, 4.69) is 10.3 Å². The molecule has 0 bridgehead atoms. The van der Waals surface area contributed by atoms with Gasteiger partial charge >= 0.3 is 0 Å². The van der Waals surface area contributed by atoms with Crippen molar-refractivity contribution in [1.29, 1.82) is 0 Å². The van der Waals surface area contributed by atoms with E-state index in [-0.39, 0.29) is 18.2 Å². The second kappa shape index (κ2) is 10.2. The highest BCUT2D eigenvalue weighted by atomic mass is 32.2. The molecule has 1 atom stereocenters. The van der Waals surface area contributed by atoms with Crippen LogP contribution in [0.15, 0.2) is 53.5 Å². The summed E-state index contributed by atoms with van der Waals surface area (Å²) in [5.74, 6) is 1.10. The number of ether oxygens (including phenoxy) is 2. The van der Waals surface area contributed by atoms with Crippen LogP contribution in [0.5, 0.6) is 11.5 Å². The summed E-state index contributed by atoms with van der Waals surface area (Å²) in [6.07, 6.45) is 1.05. The van der Waals surface area contributed by atoms with Crippen LogP contribution in [-0.2, 0) is 9.59 Å². The fraction of sp³-hybridized carbons (Fsp3) is 0.318. The molecule has 1 heterocycles. The number of nitrogens with zero attached hydrogens (tertiary/aromatic N) is 2. The van der Waals surface area contributed by atoms with E-state index in [0.29, 0.717) is 23.1 Å². The number of rotatable bonds is 7. The molecule has 3 rings (SSSR count). The molecule has 1 fully saturated rings. The van der Waals surface area contributed by atoms with Gasteiger partial charge in [0.15, 0.2) is 5.17 Å². The zero-order chi connectivity index (χ0) is 21.5. The van der Waals surface area contributed by atoms with Crippen LogP contribution in [0.1, 0.15) is 19.8 Å². The van der Waals surface area contributed by atoms with Crippen LogP contribution in [0.3, 0.4) is 0 Å². The summed E-state index contributed by atoms with van der Waals surface area (Å²) in [6.45, 7) is 2.69. The topological polar surface area (TPSA) is 80.2 Å². The van der Waals surface area contributed by atoms with Gasteiger partial charge in [-0.3, -0.25) is 14.5 Å². The van der Waals surface area contributed by atoms with Crippen LogP contribution in [0, 0.1) is 0 Å². The Morgan fingerprint density at radius 1 is 1.17 bits per heavy atom. The average Bonchev–Trinajstić information content (AvgIpc) is 2.76. The average molecular weight is 428 g/mol. The first kappa shape index (κ1) is 21.7. The van der Waals surface area contributed by atoms with Crippen LogP contribution < -0.4 is 14.8 Å². The lowest BCUT2D eigenvalue weighted by Gasteiger charge is -2.28. The van der Waals surface area contributed by atoms with Gasteiger partial charge in [0.2, 0.25) is 11.8 Å². The number of thioether (sulfide) groups is 1. The van der Waals surface area contributed by atoms with E-state index < -0.39 is 5.25 Å². The zero-order valence-electron chi connectivity index (χ0n) is 17.3. The van der Waals surface area contributed by atoms with Gasteiger partial charge < -0.3 is 14.8 Å². The van der Waals surface area contributed by atoms with E-state index in [9.17, 15) is 9.59 Å². The Bertz CT molecular complexity index is 913. The van der Waals surface area contributed by atoms with Gasteiger partial charge in [-0.25, -0.2) is 4.99 Å². The number of amides is 2. The molecule has 0 aliphatic carbocycles. The van der Waals surface area contributed by atoms with E-state index in [0.717, 1.165) is 17.9 Å². The van der Waals surface area contributed by atoms with Crippen LogP contribution in [-0.4, -0.2) is 47.9 Å². The standard InChI is InChI=1S/C22H25N3O4S/c1-4-13-29-18-11-7-15(8-12-18)23-21(27)19-14-20(26)25(2)22(30-19)24-16-5-9-17(28-3)10-6-16/h5-12,19H,4,13-14H2,1-3H3,(H,23,27). The zero-order valence-corrected chi connectivity index (χ0v) is 18.1. The third-order valence-electron chi connectivity index (χ3n) is 4.45. The molecule has 0 spiro atoms. The molecule has 30 heavy (non-hydrogen) atoms. The van der Waals surface area contributed by atoms with Crippen LogP contribution in [0.2, 0.25) is 0 Å². The van der Waals surface area contributed by atoms with Crippen molar-refractivity contribution >= 4 is 40.1 Å². The summed E-state index contributed by atoms with van der Waals surface area (Å²) in [6, 6.07) is 14.4. The van der Waals surface area contributed by atoms with E-state index in [1.165, 1.54) is 16.7 Å². The number of aliphatic imine (C=N–C) groups is 1. The quantitative estimate of drug-likeness (QED) is 0.720. The van der Waals surface area contributed by atoms with Crippen molar-refractivity contribution in [2.24, 2.45) is 4.99 Å². The van der Waals surface area contributed by atoms with E-state index in [4.69, 9.17) is 9.47 Å². The molecule has 2 aromatic carbocycles. The van der Waals surface area contributed by atoms with Gasteiger partial charge in [0.25, 0.3) is 0 Å². The monoisotopic (exact) mass is 427 g/mol. The van der Waals surface area contributed by atoms with Crippen molar-refractivity contribution in [3.63, 3.8) is 0 Å². The molecule has 7 nitrogen and oxygen atoms in total. The van der Waals surface area contributed by atoms with Gasteiger partial charge in [-0.2, -0.15) is 0 Å². The summed E-state index contributed by atoms with van der Waals surface area (Å²) in [7, 11) is 3.26. The van der Waals surface area contributed by atoms with Gasteiger partial charge in [-0.1, -0.05) is 18.7 Å². The molecule has 0 radical (unpaired) electrons. The normalized spacial score (nSPS) is 17.7. The fourth-order valence-corrected chi connectivity index (χ4v) is 3.81. The van der Waals surface area contributed by atoms with Gasteiger partial charge in [0.05, 0.1) is 19.4 Å². The molecule has 2 aromatic rings. The van der Waals surface area contributed by atoms with Crippen molar-refractivity contribution < 1.29 is 19.1 Å². The predicted molar refractivity (Wildman–Crippen MR) is 120 cm³/mol. The first-order valence-electron chi connectivity index (χ1n) is 9.70. The highest BCUT2D eigenvalue weighted by molar-refractivity contribution is 8.15. The number of amidine groups is 1. The van der Waals surface area contributed by atoms with Gasteiger partial charge in [0, 0.05) is 19.2 Å². The highest BCUT2D eigenvalue weighted by Gasteiger charge is 2.34. The number of hydrogen-bond acceptors (Lipinski definition) is 6. The van der Waals surface area contributed by atoms with Gasteiger partial charge in [-0.05, 0) is 55.0 Å². The van der Waals surface area contributed by atoms with Crippen molar-refractivity contribution in [2.75, 3.05) is 26.1 Å². The number of nitrogens with one attached hydrogen (secondary N) is 1. The first-order chi connectivity index (χ1) is 14.5. The maximum atomic E-state index is 12.8. The minimum Gasteiger partial charge on any atom is -0.497 e. The Labute approximate surface area is 180 Å². The Hall–Kier alpha value is -3.00. The molecule has 1 unspecified atom stereocenters. The summed E-state index contributed by atoms with van der Waals surface area (Å²) in [5.41, 5.74) is 1.34. The summed E-state index contributed by atoms with van der Waals surface area (Å²) >= 11 is 1.28. The molecule has 2 amide bonds. The SMILES string of the molecule is CCCOc1ccc(NC(=O)C2CC(=O)N(C)C(=Nc3ccc(OC)cc3)S2)cc1. The predicted octanol–water partition coefficient (Wildman–Crippen LogP) is 4.07. The van der Waals surface area contributed by atoms with Gasteiger partial charge in [-0.15, -0.1) is 0 Å². The molecular weight excluding hydrogens is 402 g/mol. The van der Waals surface area contributed by atoms with Crippen LogP contribution in [0.25, 0.3) is 0 Å². The summed E-state index contributed by atoms with van der Waals surface area (Å²) < 4.78 is 10.7. The minimum atomic E-state index is -0.554. The number of carbonyl (C=O) groups excluding carboxylic acids is 2. The maximum Gasteiger partial charge on any atom is 0.238 e. The molecule has 0 aromatic heterocycles. The molecule has 0 saturated carbocycles. The van der Waals surface area contributed by atoms with E-state index in [1.54, 1.807) is 50.6 Å². The number of methoxy groups -OCH3 is 1. The molecule has 158 valence electrons. The van der Waals surface area contributed by atoms with E-state index in [1.807, 2.05) is 19.1 Å². The third-order valence-corrected chi connectivity index (χ3v) is 5.69. The lowest BCUT2D eigenvalue weighted by molar-refractivity contribution is -0.128. The molecule has 1 saturated heterocycles. The highest BCUT2D eigenvalue weighted by Crippen LogP contribution is 2.29.